The summed E-state index contributed by atoms with van der Waals surface area (Å²) in [5.41, 5.74) is 15.2. The molecule has 0 amide bonds. The van der Waals surface area contributed by atoms with Crippen LogP contribution >= 0.6 is 0 Å². The van der Waals surface area contributed by atoms with Gasteiger partial charge in [-0.2, -0.15) is 0 Å². The molecule has 16 heavy (non-hydrogen) atoms. The highest BCUT2D eigenvalue weighted by Crippen LogP contribution is 2.29. The monoisotopic (exact) mass is 213 g/mol. The van der Waals surface area contributed by atoms with Crippen molar-refractivity contribution in [1.29, 1.82) is 0 Å². The van der Waals surface area contributed by atoms with Gasteiger partial charge in [0.1, 0.15) is 0 Å². The Morgan fingerprint density at radius 3 is 2.38 bits per heavy atom. The van der Waals surface area contributed by atoms with Gasteiger partial charge in [-0.1, -0.05) is 18.2 Å². The summed E-state index contributed by atoms with van der Waals surface area (Å²) >= 11 is 0. The third kappa shape index (κ3) is 1.93. The molecule has 0 saturated heterocycles. The highest BCUT2D eigenvalue weighted by Gasteiger charge is 2.06. The summed E-state index contributed by atoms with van der Waals surface area (Å²) in [6, 6.07) is 15.5. The minimum Gasteiger partial charge on any atom is -0.399 e. The highest BCUT2D eigenvalue weighted by atomic mass is 15.1. The highest BCUT2D eigenvalue weighted by molar-refractivity contribution is 5.75. The quantitative estimate of drug-likeness (QED) is 0.754. The van der Waals surface area contributed by atoms with E-state index in [1.54, 1.807) is 0 Å². The molecule has 0 radical (unpaired) electrons. The summed E-state index contributed by atoms with van der Waals surface area (Å²) in [6.45, 7) is 0. The molecular formula is C13H15N3. The zero-order valence-corrected chi connectivity index (χ0v) is 9.22. The van der Waals surface area contributed by atoms with E-state index in [4.69, 9.17) is 11.5 Å². The van der Waals surface area contributed by atoms with Gasteiger partial charge in [0.05, 0.1) is 11.4 Å². The molecule has 2 aromatic rings. The maximum Gasteiger partial charge on any atom is 0.0641 e. The van der Waals surface area contributed by atoms with Crippen molar-refractivity contribution >= 4 is 22.7 Å². The number of benzene rings is 2. The van der Waals surface area contributed by atoms with Gasteiger partial charge >= 0.3 is 0 Å². The van der Waals surface area contributed by atoms with Gasteiger partial charge in [0.2, 0.25) is 0 Å². The fourth-order valence-corrected chi connectivity index (χ4v) is 1.67. The molecule has 3 heteroatoms. The average molecular weight is 213 g/mol. The lowest BCUT2D eigenvalue weighted by atomic mass is 10.2. The number of nitrogens with two attached hydrogens (primary N) is 2. The predicted octanol–water partition coefficient (Wildman–Crippen LogP) is 2.62. The Morgan fingerprint density at radius 2 is 1.69 bits per heavy atom. The second-order valence-corrected chi connectivity index (χ2v) is 3.71. The normalized spacial score (nSPS) is 10.1. The van der Waals surface area contributed by atoms with Crippen molar-refractivity contribution < 1.29 is 0 Å². The van der Waals surface area contributed by atoms with Crippen molar-refractivity contribution in [1.82, 2.24) is 0 Å². The van der Waals surface area contributed by atoms with E-state index in [0.29, 0.717) is 0 Å². The van der Waals surface area contributed by atoms with Gasteiger partial charge < -0.3 is 16.4 Å². The van der Waals surface area contributed by atoms with Crippen LogP contribution in [0.25, 0.3) is 0 Å². The van der Waals surface area contributed by atoms with Gasteiger partial charge in [0.15, 0.2) is 0 Å². The first-order chi connectivity index (χ1) is 7.68. The second kappa shape index (κ2) is 4.14. The number of anilines is 4. The molecule has 2 rings (SSSR count). The molecule has 0 spiro atoms. The van der Waals surface area contributed by atoms with Crippen molar-refractivity contribution in [3.8, 4) is 0 Å². The number of rotatable bonds is 2. The van der Waals surface area contributed by atoms with Gasteiger partial charge in [-0.15, -0.1) is 0 Å². The van der Waals surface area contributed by atoms with Crippen LogP contribution in [-0.2, 0) is 0 Å². The van der Waals surface area contributed by atoms with Crippen molar-refractivity contribution in [2.75, 3.05) is 23.4 Å². The molecule has 0 bridgehead atoms. The van der Waals surface area contributed by atoms with E-state index >= 15 is 0 Å². The number of hydrogen-bond acceptors (Lipinski definition) is 3. The Morgan fingerprint density at radius 1 is 0.938 bits per heavy atom. The van der Waals surface area contributed by atoms with E-state index < -0.39 is 0 Å². The summed E-state index contributed by atoms with van der Waals surface area (Å²) in [5.74, 6) is 0. The van der Waals surface area contributed by atoms with E-state index in [0.717, 1.165) is 22.7 Å². The Kier molecular flexibility index (Phi) is 2.68. The molecule has 0 aliphatic rings. The summed E-state index contributed by atoms with van der Waals surface area (Å²) in [7, 11) is 1.97. The number of hydrogen-bond donors (Lipinski definition) is 2. The first-order valence-corrected chi connectivity index (χ1v) is 5.12. The van der Waals surface area contributed by atoms with Crippen LogP contribution in [0.4, 0.5) is 22.7 Å². The molecule has 0 aliphatic heterocycles. The van der Waals surface area contributed by atoms with Gasteiger partial charge in [-0.3, -0.25) is 0 Å². The lowest BCUT2D eigenvalue weighted by molar-refractivity contribution is 1.21. The zero-order chi connectivity index (χ0) is 11.5. The van der Waals surface area contributed by atoms with Crippen LogP contribution in [0.1, 0.15) is 0 Å². The second-order valence-electron chi connectivity index (χ2n) is 3.71. The fraction of sp³-hybridized carbons (Fsp3) is 0.0769. The smallest absolute Gasteiger partial charge is 0.0641 e. The van der Waals surface area contributed by atoms with E-state index in [1.165, 1.54) is 0 Å². The largest absolute Gasteiger partial charge is 0.399 e. The van der Waals surface area contributed by atoms with Crippen LogP contribution in [0.5, 0.6) is 0 Å². The van der Waals surface area contributed by atoms with Crippen LogP contribution in [0.15, 0.2) is 48.5 Å². The predicted molar refractivity (Wildman–Crippen MR) is 69.8 cm³/mol. The van der Waals surface area contributed by atoms with Crippen LogP contribution in [0.3, 0.4) is 0 Å². The van der Waals surface area contributed by atoms with E-state index in [1.807, 2.05) is 60.5 Å². The van der Waals surface area contributed by atoms with E-state index in [9.17, 15) is 0 Å². The Labute approximate surface area is 95.3 Å². The maximum absolute atomic E-state index is 5.92. The molecule has 2 aromatic carbocycles. The summed E-state index contributed by atoms with van der Waals surface area (Å²) in [4.78, 5) is 2.02. The molecule has 0 unspecified atom stereocenters. The average Bonchev–Trinajstić information content (AvgIpc) is 2.29. The van der Waals surface area contributed by atoms with Crippen LogP contribution < -0.4 is 16.4 Å². The maximum atomic E-state index is 5.92. The van der Waals surface area contributed by atoms with Gasteiger partial charge in [-0.05, 0) is 30.3 Å². The third-order valence-electron chi connectivity index (χ3n) is 2.56. The summed E-state index contributed by atoms with van der Waals surface area (Å²) < 4.78 is 0. The Hall–Kier alpha value is -2.16. The molecule has 0 atom stereocenters. The Bertz CT molecular complexity index is 494. The van der Waals surface area contributed by atoms with Gasteiger partial charge in [0, 0.05) is 18.4 Å². The molecule has 3 nitrogen and oxygen atoms in total. The van der Waals surface area contributed by atoms with Crippen molar-refractivity contribution in [2.45, 2.75) is 0 Å². The lowest BCUT2D eigenvalue weighted by Crippen LogP contribution is -2.11. The molecule has 0 aromatic heterocycles. The topological polar surface area (TPSA) is 55.3 Å². The van der Waals surface area contributed by atoms with Crippen LogP contribution in [0.2, 0.25) is 0 Å². The minimum absolute atomic E-state index is 0.749. The molecule has 0 heterocycles. The van der Waals surface area contributed by atoms with Gasteiger partial charge in [0.25, 0.3) is 0 Å². The fourth-order valence-electron chi connectivity index (χ4n) is 1.67. The molecular weight excluding hydrogens is 198 g/mol. The molecule has 82 valence electrons. The lowest BCUT2D eigenvalue weighted by Gasteiger charge is -2.21. The summed E-state index contributed by atoms with van der Waals surface area (Å²) in [5, 5.41) is 0. The first kappa shape index (κ1) is 10.4. The molecule has 0 fully saturated rings. The molecule has 0 aliphatic carbocycles. The number of nitrogens with zero attached hydrogens (tertiary/aromatic N) is 1. The summed E-state index contributed by atoms with van der Waals surface area (Å²) in [6.07, 6.45) is 0. The van der Waals surface area contributed by atoms with E-state index in [-0.39, 0.29) is 0 Å². The van der Waals surface area contributed by atoms with Crippen molar-refractivity contribution in [2.24, 2.45) is 0 Å². The zero-order valence-electron chi connectivity index (χ0n) is 9.22. The standard InChI is InChI=1S/C13H15N3/c1-16(11-6-4-5-10(14)9-11)13-8-3-2-7-12(13)15/h2-9H,14-15H2,1H3. The van der Waals surface area contributed by atoms with Crippen LogP contribution in [-0.4, -0.2) is 7.05 Å². The number of nitrogen functional groups attached to an aromatic ring is 2. The van der Waals surface area contributed by atoms with Crippen LogP contribution in [0, 0.1) is 0 Å². The molecule has 4 N–H and O–H groups in total. The van der Waals surface area contributed by atoms with Crippen molar-refractivity contribution in [3.05, 3.63) is 48.5 Å². The Balaban J connectivity index is 2.39. The van der Waals surface area contributed by atoms with Gasteiger partial charge in [-0.25, -0.2) is 0 Å². The third-order valence-corrected chi connectivity index (χ3v) is 2.56. The van der Waals surface area contributed by atoms with Crippen molar-refractivity contribution in [3.63, 3.8) is 0 Å². The SMILES string of the molecule is CN(c1cccc(N)c1)c1ccccc1N. The minimum atomic E-state index is 0.749. The first-order valence-electron chi connectivity index (χ1n) is 5.12. The molecule has 0 saturated carbocycles. The number of para-hydroxylation sites is 2. The van der Waals surface area contributed by atoms with E-state index in [2.05, 4.69) is 0 Å².